The minimum atomic E-state index is 0.561. The van der Waals surface area contributed by atoms with Crippen molar-refractivity contribution in [3.63, 3.8) is 0 Å². The van der Waals surface area contributed by atoms with E-state index in [2.05, 4.69) is 10.2 Å². The molecule has 1 aromatic carbocycles. The second-order valence-corrected chi connectivity index (χ2v) is 3.14. The van der Waals surface area contributed by atoms with Gasteiger partial charge in [0.15, 0.2) is 11.5 Å². The molecule has 0 unspecified atom stereocenters. The van der Waals surface area contributed by atoms with Gasteiger partial charge < -0.3 is 14.2 Å². The average molecular weight is 220 g/mol. The first-order valence-electron chi connectivity index (χ1n) is 4.71. The fourth-order valence-corrected chi connectivity index (χ4v) is 1.62. The fraction of sp³-hybridized carbons (Fsp3) is 0.273. The van der Waals surface area contributed by atoms with Crippen molar-refractivity contribution < 1.29 is 14.2 Å². The molecule has 0 spiro atoms. The van der Waals surface area contributed by atoms with Crippen molar-refractivity contribution in [1.82, 2.24) is 10.2 Å². The predicted molar refractivity (Wildman–Crippen MR) is 59.2 cm³/mol. The second kappa shape index (κ2) is 4.22. The van der Waals surface area contributed by atoms with Crippen molar-refractivity contribution in [3.05, 3.63) is 18.5 Å². The van der Waals surface area contributed by atoms with Crippen molar-refractivity contribution in [2.24, 2.45) is 0 Å². The number of hydrogen-bond donors (Lipinski definition) is 0. The largest absolute Gasteiger partial charge is 0.493 e. The quantitative estimate of drug-likeness (QED) is 0.787. The van der Waals surface area contributed by atoms with E-state index >= 15 is 0 Å². The first kappa shape index (κ1) is 10.5. The molecule has 5 heteroatoms. The third-order valence-corrected chi connectivity index (χ3v) is 2.35. The molecular formula is C11H12N2O3. The van der Waals surface area contributed by atoms with Gasteiger partial charge in [0.05, 0.1) is 33.7 Å². The summed E-state index contributed by atoms with van der Waals surface area (Å²) in [6.07, 6.45) is 3.29. The van der Waals surface area contributed by atoms with Crippen LogP contribution in [0.3, 0.4) is 0 Å². The van der Waals surface area contributed by atoms with E-state index in [9.17, 15) is 0 Å². The summed E-state index contributed by atoms with van der Waals surface area (Å²) >= 11 is 0. The summed E-state index contributed by atoms with van der Waals surface area (Å²) in [5, 5.41) is 9.38. The lowest BCUT2D eigenvalue weighted by Gasteiger charge is -2.13. The van der Waals surface area contributed by atoms with Crippen LogP contribution in [0.5, 0.6) is 17.2 Å². The summed E-state index contributed by atoms with van der Waals surface area (Å²) in [7, 11) is 4.73. The molecule has 0 aliphatic carbocycles. The van der Waals surface area contributed by atoms with Gasteiger partial charge in [0.1, 0.15) is 0 Å². The third kappa shape index (κ3) is 1.50. The minimum absolute atomic E-state index is 0.561. The highest BCUT2D eigenvalue weighted by atomic mass is 16.5. The lowest BCUT2D eigenvalue weighted by Crippen LogP contribution is -1.96. The van der Waals surface area contributed by atoms with Crippen LogP contribution in [-0.2, 0) is 0 Å². The highest BCUT2D eigenvalue weighted by Crippen LogP contribution is 2.42. The number of methoxy groups -OCH3 is 3. The first-order valence-corrected chi connectivity index (χ1v) is 4.71. The predicted octanol–water partition coefficient (Wildman–Crippen LogP) is 1.66. The Balaban J connectivity index is 2.82. The van der Waals surface area contributed by atoms with E-state index < -0.39 is 0 Å². The van der Waals surface area contributed by atoms with Gasteiger partial charge in [0.2, 0.25) is 5.75 Å². The molecule has 0 fully saturated rings. The summed E-state index contributed by atoms with van der Waals surface area (Å²) in [4.78, 5) is 0. The normalized spacial score (nSPS) is 10.2. The number of fused-ring (bicyclic) bond motifs is 1. The van der Waals surface area contributed by atoms with Crippen LogP contribution in [0.1, 0.15) is 0 Å². The molecule has 0 radical (unpaired) electrons. The van der Waals surface area contributed by atoms with Crippen LogP contribution in [0.4, 0.5) is 0 Å². The van der Waals surface area contributed by atoms with Gasteiger partial charge >= 0.3 is 0 Å². The minimum Gasteiger partial charge on any atom is -0.493 e. The monoisotopic (exact) mass is 220 g/mol. The highest BCUT2D eigenvalue weighted by molar-refractivity contribution is 5.91. The zero-order chi connectivity index (χ0) is 11.5. The van der Waals surface area contributed by atoms with Crippen molar-refractivity contribution in [2.75, 3.05) is 21.3 Å². The Hall–Kier alpha value is -2.04. The van der Waals surface area contributed by atoms with E-state index in [1.54, 1.807) is 33.7 Å². The topological polar surface area (TPSA) is 53.5 Å². The standard InChI is InChI=1S/C11H12N2O3/c1-14-9-4-7-5-12-13-6-8(7)10(15-2)11(9)16-3/h4-6H,1-3H3. The molecule has 0 N–H and O–H groups in total. The summed E-state index contributed by atoms with van der Waals surface area (Å²) < 4.78 is 15.8. The van der Waals surface area contributed by atoms with Crippen molar-refractivity contribution in [2.45, 2.75) is 0 Å². The first-order chi connectivity index (χ1) is 7.81. The molecule has 2 aromatic rings. The number of nitrogens with zero attached hydrogens (tertiary/aromatic N) is 2. The Kier molecular flexibility index (Phi) is 2.76. The van der Waals surface area contributed by atoms with Crippen LogP contribution in [0.25, 0.3) is 10.8 Å². The van der Waals surface area contributed by atoms with E-state index in [1.807, 2.05) is 6.07 Å². The summed E-state index contributed by atoms with van der Waals surface area (Å²) in [5.41, 5.74) is 0. The Bertz CT molecular complexity index is 514. The zero-order valence-electron chi connectivity index (χ0n) is 9.35. The SMILES string of the molecule is COc1cc2cnncc2c(OC)c1OC. The fourth-order valence-electron chi connectivity index (χ4n) is 1.62. The molecule has 2 rings (SSSR count). The van der Waals surface area contributed by atoms with E-state index in [0.29, 0.717) is 17.2 Å². The molecule has 1 aromatic heterocycles. The van der Waals surface area contributed by atoms with Crippen molar-refractivity contribution in [1.29, 1.82) is 0 Å². The van der Waals surface area contributed by atoms with Crippen LogP contribution in [0, 0.1) is 0 Å². The van der Waals surface area contributed by atoms with Gasteiger partial charge in [0, 0.05) is 10.8 Å². The summed E-state index contributed by atoms with van der Waals surface area (Å²) in [5.74, 6) is 1.78. The number of hydrogen-bond acceptors (Lipinski definition) is 5. The van der Waals surface area contributed by atoms with E-state index in [1.165, 1.54) is 0 Å². The summed E-state index contributed by atoms with van der Waals surface area (Å²) in [6, 6.07) is 1.84. The van der Waals surface area contributed by atoms with Gasteiger partial charge in [-0.3, -0.25) is 0 Å². The van der Waals surface area contributed by atoms with Crippen LogP contribution >= 0.6 is 0 Å². The maximum atomic E-state index is 5.32. The van der Waals surface area contributed by atoms with Gasteiger partial charge in [-0.2, -0.15) is 10.2 Å². The number of rotatable bonds is 3. The van der Waals surface area contributed by atoms with Gasteiger partial charge in [0.25, 0.3) is 0 Å². The molecule has 0 aliphatic rings. The van der Waals surface area contributed by atoms with Crippen LogP contribution < -0.4 is 14.2 Å². The van der Waals surface area contributed by atoms with Gasteiger partial charge in [-0.25, -0.2) is 0 Å². The second-order valence-electron chi connectivity index (χ2n) is 3.14. The highest BCUT2D eigenvalue weighted by Gasteiger charge is 2.15. The molecule has 0 saturated heterocycles. The number of aromatic nitrogens is 2. The zero-order valence-corrected chi connectivity index (χ0v) is 9.35. The maximum Gasteiger partial charge on any atom is 0.204 e. The molecule has 0 atom stereocenters. The molecule has 5 nitrogen and oxygen atoms in total. The smallest absolute Gasteiger partial charge is 0.204 e. The van der Waals surface area contributed by atoms with E-state index in [4.69, 9.17) is 14.2 Å². The number of benzene rings is 1. The van der Waals surface area contributed by atoms with E-state index in [-0.39, 0.29) is 0 Å². The molecule has 16 heavy (non-hydrogen) atoms. The average Bonchev–Trinajstić information content (AvgIpc) is 2.36. The van der Waals surface area contributed by atoms with Crippen molar-refractivity contribution in [3.8, 4) is 17.2 Å². The maximum absolute atomic E-state index is 5.32. The Morgan fingerprint density at radius 3 is 2.19 bits per heavy atom. The Morgan fingerprint density at radius 1 is 0.875 bits per heavy atom. The molecule has 1 heterocycles. The molecule has 0 aliphatic heterocycles. The molecule has 0 amide bonds. The lowest BCUT2D eigenvalue weighted by atomic mass is 10.1. The molecular weight excluding hydrogens is 208 g/mol. The Morgan fingerprint density at radius 2 is 1.56 bits per heavy atom. The molecule has 84 valence electrons. The van der Waals surface area contributed by atoms with Crippen molar-refractivity contribution >= 4 is 10.8 Å². The van der Waals surface area contributed by atoms with Gasteiger partial charge in [-0.15, -0.1) is 0 Å². The van der Waals surface area contributed by atoms with Crippen LogP contribution in [-0.4, -0.2) is 31.5 Å². The van der Waals surface area contributed by atoms with Crippen LogP contribution in [0.15, 0.2) is 18.5 Å². The Labute approximate surface area is 93.0 Å². The van der Waals surface area contributed by atoms with Gasteiger partial charge in [-0.1, -0.05) is 0 Å². The van der Waals surface area contributed by atoms with Gasteiger partial charge in [-0.05, 0) is 6.07 Å². The van der Waals surface area contributed by atoms with Crippen LogP contribution in [0.2, 0.25) is 0 Å². The third-order valence-electron chi connectivity index (χ3n) is 2.35. The van der Waals surface area contributed by atoms with E-state index in [0.717, 1.165) is 10.8 Å². The number of ether oxygens (including phenoxy) is 3. The summed E-state index contributed by atoms with van der Waals surface area (Å²) in [6.45, 7) is 0. The molecule has 0 bridgehead atoms. The molecule has 0 saturated carbocycles. The lowest BCUT2D eigenvalue weighted by molar-refractivity contribution is 0.327.